The molecule has 1 N–H and O–H groups in total. The van der Waals surface area contributed by atoms with Crippen molar-refractivity contribution in [2.24, 2.45) is 0 Å². The minimum Gasteiger partial charge on any atom is -0.378 e. The summed E-state index contributed by atoms with van der Waals surface area (Å²) < 4.78 is 47.3. The normalized spacial score (nSPS) is 14.2. The van der Waals surface area contributed by atoms with Gasteiger partial charge >= 0.3 is 6.18 Å². The van der Waals surface area contributed by atoms with E-state index in [1.54, 1.807) is 29.2 Å². The topological polar surface area (TPSA) is 76.5 Å². The molecule has 1 aliphatic heterocycles. The van der Waals surface area contributed by atoms with Gasteiger partial charge in [-0.1, -0.05) is 30.3 Å². The highest BCUT2D eigenvalue weighted by atomic mass is 19.4. The van der Waals surface area contributed by atoms with Crippen LogP contribution < -0.4 is 15.8 Å². The van der Waals surface area contributed by atoms with E-state index in [-0.39, 0.29) is 5.69 Å². The highest BCUT2D eigenvalue weighted by molar-refractivity contribution is 5.91. The quantitative estimate of drug-likeness (QED) is 0.634. The SMILES string of the molecule is O=C(Cn1nc(-c2ccccc2)ccc1=O)Nc1ccc(N2CCOCC2)cc1C(F)(F)F. The van der Waals surface area contributed by atoms with Crippen molar-refractivity contribution in [3.05, 3.63) is 76.6 Å². The second kappa shape index (κ2) is 9.45. The van der Waals surface area contributed by atoms with E-state index >= 15 is 0 Å². The van der Waals surface area contributed by atoms with E-state index in [9.17, 15) is 22.8 Å². The minimum atomic E-state index is -4.67. The van der Waals surface area contributed by atoms with Crippen LogP contribution in [0.25, 0.3) is 11.3 Å². The lowest BCUT2D eigenvalue weighted by atomic mass is 10.1. The number of hydrogen-bond donors (Lipinski definition) is 1. The van der Waals surface area contributed by atoms with Crippen molar-refractivity contribution in [1.82, 2.24) is 9.78 Å². The number of aromatic nitrogens is 2. The number of carbonyl (C=O) groups is 1. The van der Waals surface area contributed by atoms with Crippen LogP contribution >= 0.6 is 0 Å². The summed E-state index contributed by atoms with van der Waals surface area (Å²) in [7, 11) is 0. The second-order valence-corrected chi connectivity index (χ2v) is 7.46. The van der Waals surface area contributed by atoms with Gasteiger partial charge in [0, 0.05) is 30.4 Å². The number of hydrogen-bond acceptors (Lipinski definition) is 5. The molecule has 0 spiro atoms. The standard InChI is InChI=1S/C23H21F3N4O3/c24-23(25,26)18-14-17(29-10-12-33-13-11-29)6-7-20(18)27-21(31)15-30-22(32)9-8-19(28-30)16-4-2-1-3-5-16/h1-9,14H,10-13,15H2,(H,27,31). The van der Waals surface area contributed by atoms with Gasteiger partial charge in [0.1, 0.15) is 6.54 Å². The molecular formula is C23H21F3N4O3. The van der Waals surface area contributed by atoms with Crippen molar-refractivity contribution in [3.8, 4) is 11.3 Å². The van der Waals surface area contributed by atoms with Gasteiger partial charge in [-0.3, -0.25) is 9.59 Å². The van der Waals surface area contributed by atoms with Gasteiger partial charge in [0.05, 0.1) is 30.2 Å². The summed E-state index contributed by atoms with van der Waals surface area (Å²) in [5.41, 5.74) is -0.269. The molecule has 172 valence electrons. The first-order valence-electron chi connectivity index (χ1n) is 10.3. The molecule has 0 unspecified atom stereocenters. The number of rotatable bonds is 5. The number of nitrogens with zero attached hydrogens (tertiary/aromatic N) is 3. The Balaban J connectivity index is 1.55. The molecule has 33 heavy (non-hydrogen) atoms. The lowest BCUT2D eigenvalue weighted by Crippen LogP contribution is -2.36. The first-order valence-corrected chi connectivity index (χ1v) is 10.3. The molecule has 0 saturated carbocycles. The smallest absolute Gasteiger partial charge is 0.378 e. The van der Waals surface area contributed by atoms with E-state index < -0.39 is 29.8 Å². The van der Waals surface area contributed by atoms with Crippen LogP contribution in [0, 0.1) is 0 Å². The number of halogens is 3. The average molecular weight is 458 g/mol. The zero-order valence-electron chi connectivity index (χ0n) is 17.5. The Kier molecular flexibility index (Phi) is 6.45. The molecule has 1 saturated heterocycles. The van der Waals surface area contributed by atoms with E-state index in [0.717, 1.165) is 16.3 Å². The zero-order valence-corrected chi connectivity index (χ0v) is 17.5. The average Bonchev–Trinajstić information content (AvgIpc) is 2.81. The first-order chi connectivity index (χ1) is 15.8. The van der Waals surface area contributed by atoms with Gasteiger partial charge in [0.2, 0.25) is 5.91 Å². The predicted molar refractivity (Wildman–Crippen MR) is 117 cm³/mol. The summed E-state index contributed by atoms with van der Waals surface area (Å²) >= 11 is 0. The lowest BCUT2D eigenvalue weighted by molar-refractivity contribution is -0.136. The molecule has 0 bridgehead atoms. The molecular weight excluding hydrogens is 437 g/mol. The highest BCUT2D eigenvalue weighted by Gasteiger charge is 2.35. The van der Waals surface area contributed by atoms with E-state index in [0.29, 0.717) is 37.7 Å². The Labute approximate surface area is 187 Å². The molecule has 10 heteroatoms. The Morgan fingerprint density at radius 2 is 1.76 bits per heavy atom. The Bertz CT molecular complexity index is 1190. The van der Waals surface area contributed by atoms with Crippen LogP contribution in [0.5, 0.6) is 0 Å². The molecule has 1 aliphatic rings. The third-order valence-electron chi connectivity index (χ3n) is 5.19. The summed E-state index contributed by atoms with van der Waals surface area (Å²) in [6.07, 6.45) is -4.67. The summed E-state index contributed by atoms with van der Waals surface area (Å²) in [6, 6.07) is 15.6. The van der Waals surface area contributed by atoms with E-state index in [1.807, 2.05) is 6.07 Å². The van der Waals surface area contributed by atoms with Crippen LogP contribution in [0.2, 0.25) is 0 Å². The van der Waals surface area contributed by atoms with Crippen molar-refractivity contribution in [2.45, 2.75) is 12.7 Å². The third-order valence-corrected chi connectivity index (χ3v) is 5.19. The van der Waals surface area contributed by atoms with Gasteiger partial charge in [0.15, 0.2) is 0 Å². The fourth-order valence-corrected chi connectivity index (χ4v) is 3.54. The maximum Gasteiger partial charge on any atom is 0.418 e. The Morgan fingerprint density at radius 3 is 2.45 bits per heavy atom. The van der Waals surface area contributed by atoms with Gasteiger partial charge < -0.3 is 15.0 Å². The minimum absolute atomic E-state index is 0.378. The zero-order chi connectivity index (χ0) is 23.4. The molecule has 4 rings (SSSR count). The van der Waals surface area contributed by atoms with Gasteiger partial charge in [-0.05, 0) is 24.3 Å². The number of nitrogens with one attached hydrogen (secondary N) is 1. The molecule has 0 aliphatic carbocycles. The fourth-order valence-electron chi connectivity index (χ4n) is 3.54. The van der Waals surface area contributed by atoms with Crippen molar-refractivity contribution >= 4 is 17.3 Å². The maximum absolute atomic E-state index is 13.7. The molecule has 0 atom stereocenters. The molecule has 3 aromatic rings. The van der Waals surface area contributed by atoms with E-state index in [1.165, 1.54) is 24.3 Å². The third kappa shape index (κ3) is 5.40. The fraction of sp³-hybridized carbons (Fsp3) is 0.261. The van der Waals surface area contributed by atoms with Crippen LogP contribution in [-0.4, -0.2) is 42.0 Å². The van der Waals surface area contributed by atoms with Crippen LogP contribution in [0.4, 0.5) is 24.5 Å². The van der Waals surface area contributed by atoms with E-state index in [2.05, 4.69) is 10.4 Å². The van der Waals surface area contributed by atoms with Crippen LogP contribution in [0.3, 0.4) is 0 Å². The summed E-state index contributed by atoms with van der Waals surface area (Å²) in [6.45, 7) is 1.31. The molecule has 1 aromatic heterocycles. The number of alkyl halides is 3. The Morgan fingerprint density at radius 1 is 1.03 bits per heavy atom. The molecule has 0 radical (unpaired) electrons. The molecule has 1 amide bonds. The highest BCUT2D eigenvalue weighted by Crippen LogP contribution is 2.37. The van der Waals surface area contributed by atoms with E-state index in [4.69, 9.17) is 4.74 Å². The van der Waals surface area contributed by atoms with Gasteiger partial charge in [-0.15, -0.1) is 0 Å². The molecule has 2 aromatic carbocycles. The van der Waals surface area contributed by atoms with Crippen LogP contribution in [-0.2, 0) is 22.3 Å². The van der Waals surface area contributed by atoms with Gasteiger partial charge in [0.25, 0.3) is 5.56 Å². The number of morpholine rings is 1. The second-order valence-electron chi connectivity index (χ2n) is 7.46. The van der Waals surface area contributed by atoms with Crippen molar-refractivity contribution < 1.29 is 22.7 Å². The largest absolute Gasteiger partial charge is 0.418 e. The van der Waals surface area contributed by atoms with Crippen LogP contribution in [0.15, 0.2) is 65.5 Å². The molecule has 7 nitrogen and oxygen atoms in total. The van der Waals surface area contributed by atoms with Crippen LogP contribution in [0.1, 0.15) is 5.56 Å². The summed E-state index contributed by atoms with van der Waals surface area (Å²) in [5, 5.41) is 6.45. The first kappa shape index (κ1) is 22.5. The maximum atomic E-state index is 13.7. The number of carbonyl (C=O) groups excluding carboxylic acids is 1. The number of benzene rings is 2. The molecule has 2 heterocycles. The van der Waals surface area contributed by atoms with Crippen molar-refractivity contribution in [1.29, 1.82) is 0 Å². The summed E-state index contributed by atoms with van der Waals surface area (Å²) in [5.74, 6) is -0.792. The number of amides is 1. The number of ether oxygens (including phenoxy) is 1. The summed E-state index contributed by atoms with van der Waals surface area (Å²) in [4.78, 5) is 26.5. The van der Waals surface area contributed by atoms with Gasteiger partial charge in [-0.25, -0.2) is 4.68 Å². The lowest BCUT2D eigenvalue weighted by Gasteiger charge is -2.29. The van der Waals surface area contributed by atoms with Crippen molar-refractivity contribution in [3.63, 3.8) is 0 Å². The number of anilines is 2. The van der Waals surface area contributed by atoms with Gasteiger partial charge in [-0.2, -0.15) is 18.3 Å². The monoisotopic (exact) mass is 458 g/mol. The molecule has 1 fully saturated rings. The predicted octanol–water partition coefficient (Wildman–Crippen LogP) is 3.40. The van der Waals surface area contributed by atoms with Crippen molar-refractivity contribution in [2.75, 3.05) is 36.5 Å². The Hall–Kier alpha value is -3.66.